The minimum atomic E-state index is -3.29. The number of aromatic carboxylic acids is 1. The van der Waals surface area contributed by atoms with E-state index >= 15 is 0 Å². The summed E-state index contributed by atoms with van der Waals surface area (Å²) in [6.07, 6.45) is 1.21. The van der Waals surface area contributed by atoms with Gasteiger partial charge in [0, 0.05) is 30.1 Å². The predicted octanol–water partition coefficient (Wildman–Crippen LogP) is 23.0. The number of fused-ring (bicyclic) bond motifs is 3. The van der Waals surface area contributed by atoms with Crippen LogP contribution in [0.1, 0.15) is 184 Å². The van der Waals surface area contributed by atoms with Crippen molar-refractivity contribution in [3.8, 4) is 28.7 Å². The topological polar surface area (TPSA) is 313 Å². The fourth-order valence-electron chi connectivity index (χ4n) is 7.68. The van der Waals surface area contributed by atoms with E-state index in [9.17, 15) is 38.5 Å². The van der Waals surface area contributed by atoms with Crippen molar-refractivity contribution in [2.24, 2.45) is 5.73 Å². The third-order valence-corrected chi connectivity index (χ3v) is 42.6. The van der Waals surface area contributed by atoms with Gasteiger partial charge >= 0.3 is 61.1 Å². The van der Waals surface area contributed by atoms with Gasteiger partial charge in [0.05, 0.1) is 48.3 Å². The number of amides is 2. The number of aromatic hydroxyl groups is 1. The Bertz CT molecular complexity index is 4380. The molecule has 8 rings (SSSR count). The van der Waals surface area contributed by atoms with Crippen LogP contribution in [0.3, 0.4) is 0 Å². The van der Waals surface area contributed by atoms with Gasteiger partial charge in [-0.1, -0.05) is 134 Å². The van der Waals surface area contributed by atoms with Crippen molar-refractivity contribution in [1.29, 1.82) is 0 Å². The summed E-state index contributed by atoms with van der Waals surface area (Å²) in [5, 5.41) is 32.5. The second-order valence-electron chi connectivity index (χ2n) is 31.0. The summed E-state index contributed by atoms with van der Waals surface area (Å²) >= 11 is 25.5. The summed E-state index contributed by atoms with van der Waals surface area (Å²) < 4.78 is 59.5. The molecule has 1 atom stereocenters. The summed E-state index contributed by atoms with van der Waals surface area (Å²) in [6.45, 7) is 54.1. The van der Waals surface area contributed by atoms with E-state index in [1.165, 1.54) is 52.2 Å². The zero-order valence-electron chi connectivity index (χ0n) is 69.6. The summed E-state index contributed by atoms with van der Waals surface area (Å²) in [7, 11) is -10.2. The Hall–Kier alpha value is -4.84. The van der Waals surface area contributed by atoms with Gasteiger partial charge in [-0.25, -0.2) is 14.4 Å². The maximum absolute atomic E-state index is 12.4. The third kappa shape index (κ3) is 36.8. The molecule has 5 aromatic carbocycles. The molecule has 0 bridgehead atoms. The van der Waals surface area contributed by atoms with Crippen molar-refractivity contribution in [1.82, 2.24) is 5.06 Å². The number of carbonyl (C=O) groups excluding carboxylic acids is 5. The Morgan fingerprint density at radius 2 is 0.921 bits per heavy atom. The Labute approximate surface area is 735 Å². The van der Waals surface area contributed by atoms with E-state index < -0.39 is 58.0 Å². The molecule has 0 radical (unpaired) electrons. The minimum absolute atomic E-state index is 0. The number of carboxylic acids is 1. The molecule has 6 N–H and O–H groups in total. The Kier molecular flexibility index (Phi) is 49.3. The van der Waals surface area contributed by atoms with E-state index in [1.807, 2.05) is 61.5 Å². The Balaban J connectivity index is -0.00000130. The molecule has 0 aliphatic rings. The first-order valence-corrected chi connectivity index (χ1v) is 53.8. The van der Waals surface area contributed by atoms with Crippen molar-refractivity contribution < 1.29 is 120 Å². The van der Waals surface area contributed by atoms with Gasteiger partial charge < -0.3 is 58.0 Å². The van der Waals surface area contributed by atoms with E-state index in [0.717, 1.165) is 58.7 Å². The fraction of sp³-hybridized carbons (Fsp3) is 0.475. The molecule has 3 aromatic heterocycles. The molecule has 0 saturated carbocycles. The number of urea groups is 1. The van der Waals surface area contributed by atoms with Crippen molar-refractivity contribution in [2.75, 3.05) is 38.5 Å². The van der Waals surface area contributed by atoms with Gasteiger partial charge in [0.15, 0.2) is 26.3 Å². The molecule has 0 fully saturated rings. The molecule has 0 aliphatic carbocycles. The number of hydroxylamine groups is 2. The molecule has 3 heterocycles. The van der Waals surface area contributed by atoms with E-state index in [0.29, 0.717) is 61.3 Å². The molecular weight excluding hydrogens is 1690 g/mol. The average Bonchev–Trinajstić information content (AvgIpc) is 0.969. The minimum Gasteiger partial charge on any atom is -0.870 e. The number of hydrogen-bond acceptors (Lipinski definition) is 22. The van der Waals surface area contributed by atoms with Crippen LogP contribution in [0.25, 0.3) is 30.3 Å². The van der Waals surface area contributed by atoms with Gasteiger partial charge in [-0.05, 0) is 219 Å². The number of phenols is 1. The van der Waals surface area contributed by atoms with Crippen molar-refractivity contribution in [3.63, 3.8) is 0 Å². The quantitative estimate of drug-likeness (QED) is 0.00615. The first-order chi connectivity index (χ1) is 50.5. The molecule has 0 saturated heterocycles. The van der Waals surface area contributed by atoms with Gasteiger partial charge in [-0.2, -0.15) is 28.8 Å². The number of carbonyl (C=O) groups is 6. The maximum Gasteiger partial charge on any atom is 1.00 e. The van der Waals surface area contributed by atoms with E-state index in [4.69, 9.17) is 82.0 Å². The second-order valence-corrected chi connectivity index (χ2v) is 58.8. The van der Waals surface area contributed by atoms with E-state index in [-0.39, 0.29) is 113 Å². The van der Waals surface area contributed by atoms with Crippen LogP contribution >= 0.6 is 88.5 Å². The van der Waals surface area contributed by atoms with Crippen molar-refractivity contribution >= 4 is 188 Å². The van der Waals surface area contributed by atoms with Gasteiger partial charge in [-0.3, -0.25) is 24.2 Å². The van der Waals surface area contributed by atoms with Crippen molar-refractivity contribution in [3.05, 3.63) is 145 Å². The monoisotopic (exact) mass is 1810 g/mol. The average molecular weight is 1820 g/mol. The number of ether oxygens (including phenoxy) is 3. The van der Waals surface area contributed by atoms with Gasteiger partial charge in [-0.15, -0.1) is 34.0 Å². The number of nitrogens with zero attached hydrogens (tertiary/aromatic N) is 1. The molecule has 634 valence electrons. The molecule has 114 heavy (non-hydrogen) atoms. The van der Waals surface area contributed by atoms with Gasteiger partial charge in [0.2, 0.25) is 25.0 Å². The number of esters is 2. The number of thiophene rings is 3. The van der Waals surface area contributed by atoms with Crippen LogP contribution < -0.4 is 53.3 Å². The molecule has 1 unspecified atom stereocenters. The molecule has 34 heteroatoms. The van der Waals surface area contributed by atoms with Crippen LogP contribution in [-0.2, 0) is 27.9 Å². The molecule has 21 nitrogen and oxygen atoms in total. The predicted molar refractivity (Wildman–Crippen MR) is 484 cm³/mol. The number of halogens is 3. The third-order valence-electron chi connectivity index (χ3n) is 18.2. The molecule has 0 spiro atoms. The molecule has 2 amide bonds. The number of hydrogen-bond donors (Lipinski definition) is 5. The number of primary amides is 1. The number of phenolic OH excluding ortho intramolecular Hbond substituents is 1. The zero-order chi connectivity index (χ0) is 84.5. The molecule has 8 aromatic rings. The number of rotatable bonds is 22. The van der Waals surface area contributed by atoms with Crippen LogP contribution in [0.15, 0.2) is 109 Å². The van der Waals surface area contributed by atoms with E-state index in [1.54, 1.807) is 64.1 Å². The van der Waals surface area contributed by atoms with Crippen LogP contribution in [0, 0.1) is 0 Å². The van der Waals surface area contributed by atoms with Crippen LogP contribution in [0.4, 0.5) is 4.79 Å². The Morgan fingerprint density at radius 1 is 0.561 bits per heavy atom. The maximum atomic E-state index is 12.4. The van der Waals surface area contributed by atoms with Gasteiger partial charge in [0.25, 0.3) is 0 Å². The smallest absolute Gasteiger partial charge is 0.870 e. The molecule has 0 aliphatic heterocycles. The normalized spacial score (nSPS) is 11.7. The summed E-state index contributed by atoms with van der Waals surface area (Å²) in [5.41, 5.74) is 5.98. The molecular formula is C80H123Cl3N2NaO19PS4Si4. The summed E-state index contributed by atoms with van der Waals surface area (Å²) in [6, 6.07) is 30.6. The number of carboxylic acid groups (broad SMARTS) is 1. The zero-order valence-corrected chi connectivity index (χ0v) is 82.1. The van der Waals surface area contributed by atoms with Crippen molar-refractivity contribution in [2.45, 2.75) is 211 Å². The standard InChI is InChI=1S/C17H24O3SSi.C16H23N2O6PS.C15H20O3SSi.C13H19ClO2Si.C7H5ClO2.C6H15ClSi.C4H8O2S.2CH4.Na.H2O/c1-7-19-16(18)15-10-12-8-9-13(11-14(12)21-15)20-22(5,6)17(2,3)4;1-4-23-25(21,24-5-2)10-22-13-7-6-12-8-14(26-15(12)9-13)11(3)18(20)16(17)19;1-15(2,3)20(4,5)18-11-7-6-10-8-13(14(16)17)19-12(10)9-11;1-13(2,3)17(4,5)16-11-7-6-10(9-15)12(14)8-11;8-7-3-6(10)2-1-5(7)4-9;1-6(2,3)8(4,5)7;1-2-6-4(5)3-7;;;;/h8-11H,7H2,1-6H3;6-9,11,20H,4-5,10H2,1-3H3,(H2,17,19);6-9H,1-5H3,(H,16,17);6-9H,1-5H3;1-4,10H;1-5H3;7H,2-3H2,1H3;2*1H4;;1H2/q;;;;;;;;;+1;/p-1. The van der Waals surface area contributed by atoms with Crippen LogP contribution in [0.2, 0.25) is 82.6 Å². The van der Waals surface area contributed by atoms with Crippen LogP contribution in [-0.4, -0.2) is 133 Å². The first kappa shape index (κ1) is 113. The summed E-state index contributed by atoms with van der Waals surface area (Å²) in [5.74, 6) is 1.84. The Morgan fingerprint density at radius 3 is 1.27 bits per heavy atom. The number of aldehydes is 2. The fourth-order valence-corrected chi connectivity index (χ4v) is 15.6. The number of nitrogens with two attached hydrogens (primary N) is 1. The second kappa shape index (κ2) is 49.7. The largest absolute Gasteiger partial charge is 1.00 e. The number of thiol groups is 1. The van der Waals surface area contributed by atoms with Crippen LogP contribution in [0.5, 0.6) is 28.7 Å². The summed E-state index contributed by atoms with van der Waals surface area (Å²) in [4.78, 5) is 66.7. The SMILES string of the molecule is C.C.CC(C)(C)[Si](C)(C)Cl.CC(C)(C)[Si](C)(C)Oc1ccc(C=O)c(Cl)c1.CC(C)(C)[Si](C)(C)Oc1ccc2cc(C(=O)O)sc2c1.CCOC(=O)CS.CCOC(=O)c1cc2ccc(O[Si](C)(C)C(C)(C)C)cc2s1.CCOP(=O)(COc1ccc2cc(C(C)N(O)C(N)=O)sc2c1)OCC.O=Cc1ccc(O)cc1Cl.[Na+].[OH-]. The van der Waals surface area contributed by atoms with E-state index in [2.05, 4.69) is 153 Å². The first-order valence-electron chi connectivity index (χ1n) is 35.5. The van der Waals surface area contributed by atoms with Gasteiger partial charge in [0.1, 0.15) is 38.5 Å². The number of benzene rings is 5.